The molecule has 2 N–H and O–H groups in total. The Hall–Kier alpha value is -1.65. The molecule has 0 aliphatic carbocycles. The Morgan fingerprint density at radius 3 is 1.95 bits per heavy atom. The van der Waals surface area contributed by atoms with Crippen LogP contribution in [0.1, 0.15) is 0 Å². The van der Waals surface area contributed by atoms with Gasteiger partial charge in [0, 0.05) is 11.4 Å². The topological polar surface area (TPSA) is 44.5 Å². The highest BCUT2D eigenvalue weighted by molar-refractivity contribution is 7.98. The molecule has 2 rings (SSSR count). The number of hydrogen-bond acceptors (Lipinski definition) is 4. The van der Waals surface area contributed by atoms with Crippen molar-refractivity contribution < 1.29 is 9.47 Å². The zero-order valence-electron chi connectivity index (χ0n) is 10.8. The molecule has 0 aliphatic rings. The normalized spacial score (nSPS) is 10.2. The molecule has 0 bridgehead atoms. The van der Waals surface area contributed by atoms with E-state index in [2.05, 4.69) is 6.26 Å². The number of ether oxygens (including phenoxy) is 2. The van der Waals surface area contributed by atoms with Gasteiger partial charge in [0.15, 0.2) is 0 Å². The van der Waals surface area contributed by atoms with Crippen LogP contribution in [0, 0.1) is 0 Å². The van der Waals surface area contributed by atoms with Crippen LogP contribution < -0.4 is 15.2 Å². The van der Waals surface area contributed by atoms with E-state index >= 15 is 0 Å². The lowest BCUT2D eigenvalue weighted by Gasteiger charge is -2.08. The Bertz CT molecular complexity index is 497. The molecular weight excluding hydrogens is 258 g/mol. The van der Waals surface area contributed by atoms with Crippen molar-refractivity contribution in [3.05, 3.63) is 48.5 Å². The number of hydrogen-bond donors (Lipinski definition) is 1. The number of rotatable bonds is 6. The Morgan fingerprint density at radius 1 is 0.895 bits per heavy atom. The Balaban J connectivity index is 1.98. The van der Waals surface area contributed by atoms with Gasteiger partial charge in [-0.15, -0.1) is 11.8 Å². The van der Waals surface area contributed by atoms with E-state index in [0.29, 0.717) is 13.2 Å². The molecule has 2 aromatic rings. The summed E-state index contributed by atoms with van der Waals surface area (Å²) in [6, 6.07) is 15.5. The monoisotopic (exact) mass is 275 g/mol. The van der Waals surface area contributed by atoms with Crippen LogP contribution >= 0.6 is 11.8 Å². The van der Waals surface area contributed by atoms with Gasteiger partial charge < -0.3 is 15.2 Å². The van der Waals surface area contributed by atoms with Crippen molar-refractivity contribution in [2.75, 3.05) is 19.4 Å². The minimum absolute atomic E-state index is 0.514. The first-order valence-electron chi connectivity index (χ1n) is 6.06. The van der Waals surface area contributed by atoms with Gasteiger partial charge in [0.05, 0.1) is 0 Å². The molecule has 0 unspecified atom stereocenters. The summed E-state index contributed by atoms with van der Waals surface area (Å²) in [5, 5.41) is 0. The SMILES string of the molecule is CSc1ccc(Oc2ccc(OCCN)cc2)cc1. The summed E-state index contributed by atoms with van der Waals surface area (Å²) in [4.78, 5) is 1.22. The quantitative estimate of drug-likeness (QED) is 0.819. The lowest BCUT2D eigenvalue weighted by atomic mass is 10.3. The van der Waals surface area contributed by atoms with Gasteiger partial charge in [0.2, 0.25) is 0 Å². The van der Waals surface area contributed by atoms with Crippen molar-refractivity contribution in [3.63, 3.8) is 0 Å². The average Bonchev–Trinajstić information content (AvgIpc) is 2.47. The fraction of sp³-hybridized carbons (Fsp3) is 0.200. The highest BCUT2D eigenvalue weighted by Gasteiger charge is 1.99. The maximum atomic E-state index is 5.75. The van der Waals surface area contributed by atoms with E-state index in [4.69, 9.17) is 15.2 Å². The molecule has 0 saturated carbocycles. The first-order chi connectivity index (χ1) is 9.31. The van der Waals surface area contributed by atoms with Crippen LogP contribution in [0.4, 0.5) is 0 Å². The van der Waals surface area contributed by atoms with E-state index in [0.717, 1.165) is 17.2 Å². The van der Waals surface area contributed by atoms with Crippen LogP contribution in [0.25, 0.3) is 0 Å². The van der Waals surface area contributed by atoms with Crippen LogP contribution in [-0.4, -0.2) is 19.4 Å². The number of nitrogens with two attached hydrogens (primary N) is 1. The molecule has 2 aromatic carbocycles. The zero-order chi connectivity index (χ0) is 13.5. The molecule has 100 valence electrons. The third-order valence-electron chi connectivity index (χ3n) is 2.51. The average molecular weight is 275 g/mol. The molecule has 0 amide bonds. The molecule has 0 atom stereocenters. The number of thioether (sulfide) groups is 1. The fourth-order valence-electron chi connectivity index (χ4n) is 1.56. The third kappa shape index (κ3) is 4.19. The summed E-state index contributed by atoms with van der Waals surface area (Å²) in [5.74, 6) is 2.42. The summed E-state index contributed by atoms with van der Waals surface area (Å²) in [6.45, 7) is 1.04. The Kier molecular flexibility index (Phi) is 5.12. The molecule has 0 saturated heterocycles. The maximum Gasteiger partial charge on any atom is 0.127 e. The standard InChI is InChI=1S/C15H17NO2S/c1-19-15-8-6-14(7-9-15)18-13-4-2-12(3-5-13)17-11-10-16/h2-9H,10-11,16H2,1H3. The van der Waals surface area contributed by atoms with Gasteiger partial charge >= 0.3 is 0 Å². The van der Waals surface area contributed by atoms with Crippen molar-refractivity contribution in [1.29, 1.82) is 0 Å². The second kappa shape index (κ2) is 7.07. The van der Waals surface area contributed by atoms with Crippen molar-refractivity contribution in [2.24, 2.45) is 5.73 Å². The van der Waals surface area contributed by atoms with Crippen molar-refractivity contribution >= 4 is 11.8 Å². The smallest absolute Gasteiger partial charge is 0.127 e. The summed E-state index contributed by atoms with van der Waals surface area (Å²) in [6.07, 6.45) is 2.05. The molecule has 3 nitrogen and oxygen atoms in total. The molecule has 0 heterocycles. The summed E-state index contributed by atoms with van der Waals surface area (Å²) < 4.78 is 11.2. The summed E-state index contributed by atoms with van der Waals surface area (Å²) >= 11 is 1.71. The molecule has 0 aliphatic heterocycles. The van der Waals surface area contributed by atoms with Gasteiger partial charge in [-0.2, -0.15) is 0 Å². The molecule has 0 fully saturated rings. The maximum absolute atomic E-state index is 5.75. The van der Waals surface area contributed by atoms with Gasteiger partial charge in [-0.1, -0.05) is 0 Å². The van der Waals surface area contributed by atoms with Crippen molar-refractivity contribution in [1.82, 2.24) is 0 Å². The Morgan fingerprint density at radius 2 is 1.42 bits per heavy atom. The van der Waals surface area contributed by atoms with E-state index in [9.17, 15) is 0 Å². The largest absolute Gasteiger partial charge is 0.492 e. The third-order valence-corrected chi connectivity index (χ3v) is 3.25. The molecule has 0 spiro atoms. The van der Waals surface area contributed by atoms with Gasteiger partial charge in [0.1, 0.15) is 23.9 Å². The first-order valence-corrected chi connectivity index (χ1v) is 7.29. The lowest BCUT2D eigenvalue weighted by molar-refractivity contribution is 0.328. The predicted molar refractivity (Wildman–Crippen MR) is 79.3 cm³/mol. The van der Waals surface area contributed by atoms with Crippen LogP contribution in [0.15, 0.2) is 53.4 Å². The molecule has 4 heteroatoms. The highest BCUT2D eigenvalue weighted by atomic mass is 32.2. The minimum Gasteiger partial charge on any atom is -0.492 e. The molecule has 19 heavy (non-hydrogen) atoms. The molecule has 0 radical (unpaired) electrons. The summed E-state index contributed by atoms with van der Waals surface area (Å²) in [7, 11) is 0. The molecule has 0 aromatic heterocycles. The summed E-state index contributed by atoms with van der Waals surface area (Å²) in [5.41, 5.74) is 5.38. The van der Waals surface area contributed by atoms with Crippen molar-refractivity contribution in [3.8, 4) is 17.2 Å². The molecular formula is C15H17NO2S. The predicted octanol–water partition coefficient (Wildman–Crippen LogP) is 3.54. The van der Waals surface area contributed by atoms with Gasteiger partial charge in [-0.25, -0.2) is 0 Å². The van der Waals surface area contributed by atoms with Crippen LogP contribution in [0.3, 0.4) is 0 Å². The van der Waals surface area contributed by atoms with E-state index in [1.54, 1.807) is 11.8 Å². The minimum atomic E-state index is 0.514. The Labute approximate surface area is 117 Å². The van der Waals surface area contributed by atoms with Gasteiger partial charge in [-0.05, 0) is 54.8 Å². The van der Waals surface area contributed by atoms with E-state index < -0.39 is 0 Å². The van der Waals surface area contributed by atoms with E-state index in [1.807, 2.05) is 48.5 Å². The second-order valence-corrected chi connectivity index (χ2v) is 4.77. The van der Waals surface area contributed by atoms with Crippen LogP contribution in [0.5, 0.6) is 17.2 Å². The van der Waals surface area contributed by atoms with E-state index in [1.165, 1.54) is 4.90 Å². The number of benzene rings is 2. The zero-order valence-corrected chi connectivity index (χ0v) is 11.7. The van der Waals surface area contributed by atoms with Gasteiger partial charge in [0.25, 0.3) is 0 Å². The first kappa shape index (κ1) is 13.8. The van der Waals surface area contributed by atoms with Crippen molar-refractivity contribution in [2.45, 2.75) is 4.90 Å². The van der Waals surface area contributed by atoms with Crippen LogP contribution in [0.2, 0.25) is 0 Å². The van der Waals surface area contributed by atoms with E-state index in [-0.39, 0.29) is 0 Å². The van der Waals surface area contributed by atoms with Crippen LogP contribution in [-0.2, 0) is 0 Å². The second-order valence-electron chi connectivity index (χ2n) is 3.89. The fourth-order valence-corrected chi connectivity index (χ4v) is 1.97. The highest BCUT2D eigenvalue weighted by Crippen LogP contribution is 2.25. The lowest BCUT2D eigenvalue weighted by Crippen LogP contribution is -2.10. The van der Waals surface area contributed by atoms with Gasteiger partial charge in [-0.3, -0.25) is 0 Å².